The molecule has 1 atom stereocenters. The summed E-state index contributed by atoms with van der Waals surface area (Å²) in [6.07, 6.45) is -4.52. The Morgan fingerprint density at radius 1 is 1.20 bits per heavy atom. The van der Waals surface area contributed by atoms with Crippen LogP contribution in [0.1, 0.15) is 11.6 Å². The Balaban J connectivity index is 2.46. The van der Waals surface area contributed by atoms with Gasteiger partial charge in [0.2, 0.25) is 0 Å². The lowest BCUT2D eigenvalue weighted by Crippen LogP contribution is -2.49. The number of alkyl halides is 3. The molecule has 0 aliphatic carbocycles. The largest absolute Gasteiger partial charge is 0.506 e. The predicted molar refractivity (Wildman–Crippen MR) is 71.4 cm³/mol. The molecule has 0 unspecified atom stereocenters. The van der Waals surface area contributed by atoms with E-state index in [2.05, 4.69) is 5.32 Å². The van der Waals surface area contributed by atoms with Gasteiger partial charge in [-0.3, -0.25) is 4.90 Å². The number of hydrogen-bond donors (Lipinski definition) is 2. The van der Waals surface area contributed by atoms with E-state index in [4.69, 9.17) is 23.2 Å². The van der Waals surface area contributed by atoms with E-state index in [1.165, 1.54) is 11.0 Å². The van der Waals surface area contributed by atoms with Crippen LogP contribution >= 0.6 is 23.2 Å². The summed E-state index contributed by atoms with van der Waals surface area (Å²) in [5.74, 6) is -0.572. The van der Waals surface area contributed by atoms with Crippen LogP contribution in [0.15, 0.2) is 12.1 Å². The van der Waals surface area contributed by atoms with Crippen LogP contribution in [-0.2, 0) is 0 Å². The lowest BCUT2D eigenvalue weighted by Gasteiger charge is -2.36. The highest BCUT2D eigenvalue weighted by atomic mass is 35.5. The Morgan fingerprint density at radius 2 is 1.80 bits per heavy atom. The highest BCUT2D eigenvalue weighted by Crippen LogP contribution is 2.44. The Kier molecular flexibility index (Phi) is 4.69. The van der Waals surface area contributed by atoms with Gasteiger partial charge in [-0.05, 0) is 12.1 Å². The number of phenols is 1. The first-order valence-electron chi connectivity index (χ1n) is 6.00. The van der Waals surface area contributed by atoms with Crippen molar-refractivity contribution in [2.24, 2.45) is 0 Å². The summed E-state index contributed by atoms with van der Waals surface area (Å²) >= 11 is 11.5. The van der Waals surface area contributed by atoms with Crippen molar-refractivity contribution in [2.45, 2.75) is 12.2 Å². The van der Waals surface area contributed by atoms with Crippen LogP contribution < -0.4 is 5.32 Å². The SMILES string of the molecule is Oc1c(Cl)cc(Cl)cc1[C@H](N1CCNCC1)C(F)(F)F. The fraction of sp³-hybridized carbons (Fsp3) is 0.500. The highest BCUT2D eigenvalue weighted by molar-refractivity contribution is 6.35. The predicted octanol–water partition coefficient (Wildman–Crippen LogP) is 3.21. The molecule has 1 aliphatic rings. The molecule has 112 valence electrons. The molecule has 2 rings (SSSR count). The molecule has 1 aliphatic heterocycles. The van der Waals surface area contributed by atoms with Crippen molar-refractivity contribution in [3.63, 3.8) is 0 Å². The maximum atomic E-state index is 13.4. The molecule has 1 fully saturated rings. The summed E-state index contributed by atoms with van der Waals surface area (Å²) in [4.78, 5) is 1.26. The fourth-order valence-corrected chi connectivity index (χ4v) is 2.82. The number of aromatic hydroxyl groups is 1. The van der Waals surface area contributed by atoms with E-state index in [-0.39, 0.29) is 28.7 Å². The van der Waals surface area contributed by atoms with Gasteiger partial charge < -0.3 is 10.4 Å². The molecule has 0 radical (unpaired) electrons. The molecule has 1 heterocycles. The van der Waals surface area contributed by atoms with E-state index in [0.29, 0.717) is 13.1 Å². The van der Waals surface area contributed by atoms with Crippen molar-refractivity contribution in [3.05, 3.63) is 27.7 Å². The third kappa shape index (κ3) is 3.31. The second kappa shape index (κ2) is 5.97. The number of nitrogens with zero attached hydrogens (tertiary/aromatic N) is 1. The van der Waals surface area contributed by atoms with Gasteiger partial charge in [0, 0.05) is 36.8 Å². The van der Waals surface area contributed by atoms with Crippen LogP contribution in [0.25, 0.3) is 0 Å². The zero-order valence-corrected chi connectivity index (χ0v) is 11.9. The second-order valence-corrected chi connectivity index (χ2v) is 5.40. The minimum Gasteiger partial charge on any atom is -0.506 e. The van der Waals surface area contributed by atoms with Crippen LogP contribution in [0, 0.1) is 0 Å². The normalized spacial score (nSPS) is 19.1. The molecule has 0 saturated carbocycles. The van der Waals surface area contributed by atoms with Crippen molar-refractivity contribution in [3.8, 4) is 5.75 Å². The Bertz CT molecular complexity index is 490. The summed E-state index contributed by atoms with van der Waals surface area (Å²) in [5.41, 5.74) is -0.308. The summed E-state index contributed by atoms with van der Waals surface area (Å²) in [7, 11) is 0. The Hall–Kier alpha value is -0.690. The van der Waals surface area contributed by atoms with Crippen LogP contribution in [-0.4, -0.2) is 42.4 Å². The Morgan fingerprint density at radius 3 is 2.35 bits per heavy atom. The number of benzene rings is 1. The van der Waals surface area contributed by atoms with E-state index in [1.54, 1.807) is 0 Å². The molecule has 1 saturated heterocycles. The zero-order chi connectivity index (χ0) is 14.9. The van der Waals surface area contributed by atoms with Gasteiger partial charge in [-0.1, -0.05) is 23.2 Å². The van der Waals surface area contributed by atoms with Gasteiger partial charge in [-0.2, -0.15) is 13.2 Å². The molecule has 0 aromatic heterocycles. The van der Waals surface area contributed by atoms with Gasteiger partial charge in [0.1, 0.15) is 11.8 Å². The summed E-state index contributed by atoms with van der Waals surface area (Å²) in [6, 6.07) is 0.414. The lowest BCUT2D eigenvalue weighted by atomic mass is 10.0. The van der Waals surface area contributed by atoms with Crippen molar-refractivity contribution < 1.29 is 18.3 Å². The highest BCUT2D eigenvalue weighted by Gasteiger charge is 2.46. The van der Waals surface area contributed by atoms with Gasteiger partial charge in [-0.15, -0.1) is 0 Å². The average Bonchev–Trinajstić information content (AvgIpc) is 2.35. The molecule has 1 aromatic carbocycles. The fourth-order valence-electron chi connectivity index (χ4n) is 2.31. The molecule has 20 heavy (non-hydrogen) atoms. The number of halogens is 5. The van der Waals surface area contributed by atoms with Gasteiger partial charge in [0.25, 0.3) is 0 Å². The van der Waals surface area contributed by atoms with Crippen molar-refractivity contribution in [2.75, 3.05) is 26.2 Å². The number of rotatable bonds is 2. The quantitative estimate of drug-likeness (QED) is 0.875. The molecule has 1 aromatic rings. The first-order valence-corrected chi connectivity index (χ1v) is 6.75. The number of phenolic OH excluding ortho intramolecular Hbond substituents is 1. The van der Waals surface area contributed by atoms with Gasteiger partial charge in [0.05, 0.1) is 5.02 Å². The van der Waals surface area contributed by atoms with Crippen LogP contribution in [0.3, 0.4) is 0 Å². The average molecular weight is 329 g/mol. The number of hydrogen-bond acceptors (Lipinski definition) is 3. The molecule has 0 bridgehead atoms. The summed E-state index contributed by atoms with van der Waals surface area (Å²) in [6.45, 7) is 1.38. The van der Waals surface area contributed by atoms with Crippen molar-refractivity contribution >= 4 is 23.2 Å². The maximum Gasteiger partial charge on any atom is 0.408 e. The third-order valence-electron chi connectivity index (χ3n) is 3.18. The minimum absolute atomic E-state index is 0.0622. The van der Waals surface area contributed by atoms with Gasteiger partial charge >= 0.3 is 6.18 Å². The minimum atomic E-state index is -4.52. The summed E-state index contributed by atoms with van der Waals surface area (Å²) < 4.78 is 40.1. The molecular weight excluding hydrogens is 316 g/mol. The van der Waals surface area contributed by atoms with Crippen molar-refractivity contribution in [1.29, 1.82) is 0 Å². The molecule has 0 spiro atoms. The molecule has 2 N–H and O–H groups in total. The maximum absolute atomic E-state index is 13.4. The van der Waals surface area contributed by atoms with E-state index in [9.17, 15) is 18.3 Å². The van der Waals surface area contributed by atoms with Crippen LogP contribution in [0.4, 0.5) is 13.2 Å². The smallest absolute Gasteiger partial charge is 0.408 e. The van der Waals surface area contributed by atoms with Crippen LogP contribution in [0.5, 0.6) is 5.75 Å². The topological polar surface area (TPSA) is 35.5 Å². The van der Waals surface area contributed by atoms with Crippen LogP contribution in [0.2, 0.25) is 10.0 Å². The Labute approximate surface area is 124 Å². The van der Waals surface area contributed by atoms with Gasteiger partial charge in [-0.25, -0.2) is 0 Å². The standard InChI is InChI=1S/C12H13Cl2F3N2O/c13-7-5-8(10(20)9(14)6-7)11(12(15,16)17)19-3-1-18-2-4-19/h5-6,11,18,20H,1-4H2/t11-/m0/s1. The second-order valence-electron chi connectivity index (χ2n) is 4.56. The summed E-state index contributed by atoms with van der Waals surface area (Å²) in [5, 5.41) is 12.7. The van der Waals surface area contributed by atoms with E-state index in [0.717, 1.165) is 6.07 Å². The molecule has 3 nitrogen and oxygen atoms in total. The first kappa shape index (κ1) is 15.7. The molecule has 8 heteroatoms. The number of piperazine rings is 1. The molecular formula is C12H13Cl2F3N2O. The van der Waals surface area contributed by atoms with E-state index in [1.807, 2.05) is 0 Å². The third-order valence-corrected chi connectivity index (χ3v) is 3.69. The lowest BCUT2D eigenvalue weighted by molar-refractivity contribution is -0.188. The van der Waals surface area contributed by atoms with E-state index < -0.39 is 18.0 Å². The van der Waals surface area contributed by atoms with Gasteiger partial charge in [0.15, 0.2) is 0 Å². The van der Waals surface area contributed by atoms with Crippen molar-refractivity contribution in [1.82, 2.24) is 10.2 Å². The first-order chi connectivity index (χ1) is 9.30. The van der Waals surface area contributed by atoms with E-state index >= 15 is 0 Å². The molecule has 0 amide bonds. The monoisotopic (exact) mass is 328 g/mol. The zero-order valence-electron chi connectivity index (χ0n) is 10.3. The number of nitrogens with one attached hydrogen (secondary N) is 1.